The molecule has 102 valence electrons. The van der Waals surface area contributed by atoms with Crippen molar-refractivity contribution < 1.29 is 9.53 Å². The van der Waals surface area contributed by atoms with Crippen LogP contribution >= 0.6 is 0 Å². The molecule has 1 heterocycles. The Hall–Kier alpha value is -1.55. The van der Waals surface area contributed by atoms with E-state index in [0.717, 1.165) is 43.7 Å². The van der Waals surface area contributed by atoms with Gasteiger partial charge in [0.25, 0.3) is 0 Å². The maximum Gasteiger partial charge on any atom is 0.234 e. The standard InChI is InChI=1S/C15H20N2O2/c16-11-15(7-3-8-15)14(18)17-9-4-10-19-13-6-2-1-5-12(13)17/h1-2,5-6H,3-4,7-11,16H2. The lowest BCUT2D eigenvalue weighted by atomic mass is 9.67. The second kappa shape index (κ2) is 4.85. The van der Waals surface area contributed by atoms with Crippen LogP contribution in [-0.2, 0) is 4.79 Å². The van der Waals surface area contributed by atoms with Gasteiger partial charge in [-0.3, -0.25) is 4.79 Å². The van der Waals surface area contributed by atoms with E-state index < -0.39 is 0 Å². The van der Waals surface area contributed by atoms with Crippen LogP contribution in [0.5, 0.6) is 5.75 Å². The van der Waals surface area contributed by atoms with Gasteiger partial charge in [0.05, 0.1) is 17.7 Å². The van der Waals surface area contributed by atoms with Crippen molar-refractivity contribution in [2.45, 2.75) is 25.7 Å². The highest BCUT2D eigenvalue weighted by molar-refractivity contribution is 5.99. The predicted octanol–water partition coefficient (Wildman–Crippen LogP) is 1.93. The van der Waals surface area contributed by atoms with Gasteiger partial charge >= 0.3 is 0 Å². The van der Waals surface area contributed by atoms with Crippen molar-refractivity contribution >= 4 is 11.6 Å². The molecule has 2 aliphatic rings. The van der Waals surface area contributed by atoms with Gasteiger partial charge in [0, 0.05) is 13.1 Å². The average molecular weight is 260 g/mol. The Morgan fingerprint density at radius 3 is 2.79 bits per heavy atom. The maximum atomic E-state index is 12.8. The number of para-hydroxylation sites is 2. The van der Waals surface area contributed by atoms with Crippen molar-refractivity contribution in [2.24, 2.45) is 11.1 Å². The molecule has 0 saturated heterocycles. The van der Waals surface area contributed by atoms with Gasteiger partial charge in [-0.05, 0) is 31.4 Å². The van der Waals surface area contributed by atoms with Crippen LogP contribution in [0.4, 0.5) is 5.69 Å². The topological polar surface area (TPSA) is 55.6 Å². The molecule has 2 N–H and O–H groups in total. The molecular formula is C15H20N2O2. The molecule has 0 aromatic heterocycles. The highest BCUT2D eigenvalue weighted by atomic mass is 16.5. The second-order valence-electron chi connectivity index (χ2n) is 5.46. The summed E-state index contributed by atoms with van der Waals surface area (Å²) in [6.07, 6.45) is 3.81. The number of ether oxygens (including phenoxy) is 1. The van der Waals surface area contributed by atoms with Gasteiger partial charge in [-0.2, -0.15) is 0 Å². The third-order valence-electron chi connectivity index (χ3n) is 4.34. The van der Waals surface area contributed by atoms with Crippen LogP contribution in [0.3, 0.4) is 0 Å². The Labute approximate surface area is 113 Å². The molecule has 1 aliphatic carbocycles. The third kappa shape index (κ3) is 2.00. The van der Waals surface area contributed by atoms with Crippen molar-refractivity contribution in [3.05, 3.63) is 24.3 Å². The maximum absolute atomic E-state index is 12.8. The summed E-state index contributed by atoms with van der Waals surface area (Å²) in [5, 5.41) is 0. The zero-order valence-corrected chi connectivity index (χ0v) is 11.1. The molecule has 19 heavy (non-hydrogen) atoms. The first-order valence-corrected chi connectivity index (χ1v) is 7.01. The second-order valence-corrected chi connectivity index (χ2v) is 5.46. The number of fused-ring (bicyclic) bond motifs is 1. The summed E-state index contributed by atoms with van der Waals surface area (Å²) in [4.78, 5) is 14.7. The zero-order chi connectivity index (χ0) is 13.3. The Kier molecular flexibility index (Phi) is 3.19. The van der Waals surface area contributed by atoms with Crippen molar-refractivity contribution in [1.29, 1.82) is 0 Å². The average Bonchev–Trinajstić information content (AvgIpc) is 2.60. The molecule has 1 amide bonds. The molecule has 0 radical (unpaired) electrons. The van der Waals surface area contributed by atoms with Crippen molar-refractivity contribution in [3.63, 3.8) is 0 Å². The number of carbonyl (C=O) groups is 1. The molecule has 1 fully saturated rings. The molecule has 1 aromatic rings. The zero-order valence-electron chi connectivity index (χ0n) is 11.1. The lowest BCUT2D eigenvalue weighted by Crippen LogP contribution is -2.52. The van der Waals surface area contributed by atoms with Crippen LogP contribution in [0.2, 0.25) is 0 Å². The Morgan fingerprint density at radius 1 is 1.32 bits per heavy atom. The molecule has 0 atom stereocenters. The Morgan fingerprint density at radius 2 is 2.11 bits per heavy atom. The number of benzene rings is 1. The van der Waals surface area contributed by atoms with E-state index in [1.54, 1.807) is 0 Å². The van der Waals surface area contributed by atoms with Gasteiger partial charge in [0.1, 0.15) is 5.75 Å². The van der Waals surface area contributed by atoms with E-state index in [-0.39, 0.29) is 11.3 Å². The van der Waals surface area contributed by atoms with Gasteiger partial charge in [-0.25, -0.2) is 0 Å². The first-order chi connectivity index (χ1) is 9.27. The highest BCUT2D eigenvalue weighted by Gasteiger charge is 2.45. The van der Waals surface area contributed by atoms with Gasteiger partial charge < -0.3 is 15.4 Å². The molecule has 0 unspecified atom stereocenters. The fraction of sp³-hybridized carbons (Fsp3) is 0.533. The van der Waals surface area contributed by atoms with Gasteiger partial charge in [-0.1, -0.05) is 18.6 Å². The summed E-state index contributed by atoms with van der Waals surface area (Å²) >= 11 is 0. The Bertz CT molecular complexity index is 477. The van der Waals surface area contributed by atoms with E-state index in [1.165, 1.54) is 0 Å². The minimum Gasteiger partial charge on any atom is -0.491 e. The van der Waals surface area contributed by atoms with Crippen LogP contribution in [0.15, 0.2) is 24.3 Å². The van der Waals surface area contributed by atoms with Crippen LogP contribution in [0, 0.1) is 5.41 Å². The van der Waals surface area contributed by atoms with Crippen LogP contribution in [0.1, 0.15) is 25.7 Å². The lowest BCUT2D eigenvalue weighted by Gasteiger charge is -2.42. The smallest absolute Gasteiger partial charge is 0.234 e. The minimum absolute atomic E-state index is 0.180. The molecule has 1 aromatic carbocycles. The quantitative estimate of drug-likeness (QED) is 0.884. The fourth-order valence-electron chi connectivity index (χ4n) is 2.93. The van der Waals surface area contributed by atoms with Crippen molar-refractivity contribution in [3.8, 4) is 5.75 Å². The van der Waals surface area contributed by atoms with Crippen molar-refractivity contribution in [1.82, 2.24) is 0 Å². The number of hydrogen-bond acceptors (Lipinski definition) is 3. The number of carbonyl (C=O) groups excluding carboxylic acids is 1. The number of hydrogen-bond donors (Lipinski definition) is 1. The number of anilines is 1. The van der Waals surface area contributed by atoms with Crippen molar-refractivity contribution in [2.75, 3.05) is 24.6 Å². The van der Waals surface area contributed by atoms with Gasteiger partial charge in [0.15, 0.2) is 0 Å². The van der Waals surface area contributed by atoms with E-state index >= 15 is 0 Å². The molecule has 1 saturated carbocycles. The van der Waals surface area contributed by atoms with Crippen LogP contribution in [-0.4, -0.2) is 25.6 Å². The third-order valence-corrected chi connectivity index (χ3v) is 4.34. The monoisotopic (exact) mass is 260 g/mol. The Balaban J connectivity index is 1.94. The minimum atomic E-state index is -0.322. The summed E-state index contributed by atoms with van der Waals surface area (Å²) in [5.41, 5.74) is 6.43. The molecule has 4 nitrogen and oxygen atoms in total. The summed E-state index contributed by atoms with van der Waals surface area (Å²) in [6.45, 7) is 1.83. The largest absolute Gasteiger partial charge is 0.491 e. The predicted molar refractivity (Wildman–Crippen MR) is 74.2 cm³/mol. The molecular weight excluding hydrogens is 240 g/mol. The van der Waals surface area contributed by atoms with Crippen LogP contribution < -0.4 is 15.4 Å². The first kappa shape index (κ1) is 12.5. The molecule has 0 spiro atoms. The van der Waals surface area contributed by atoms with Gasteiger partial charge in [-0.15, -0.1) is 0 Å². The van der Waals surface area contributed by atoms with E-state index in [0.29, 0.717) is 13.2 Å². The SMILES string of the molecule is NCC1(C(=O)N2CCCOc3ccccc32)CCC1. The first-order valence-electron chi connectivity index (χ1n) is 7.01. The summed E-state index contributed by atoms with van der Waals surface area (Å²) in [5.74, 6) is 0.985. The molecule has 0 bridgehead atoms. The lowest BCUT2D eigenvalue weighted by molar-refractivity contribution is -0.132. The number of rotatable bonds is 2. The number of nitrogens with two attached hydrogens (primary N) is 1. The van der Waals surface area contributed by atoms with E-state index in [2.05, 4.69) is 0 Å². The number of amides is 1. The molecule has 4 heteroatoms. The normalized spacial score (nSPS) is 20.8. The summed E-state index contributed by atoms with van der Waals surface area (Å²) in [6, 6.07) is 7.77. The number of nitrogens with zero attached hydrogens (tertiary/aromatic N) is 1. The van der Waals surface area contributed by atoms with E-state index in [1.807, 2.05) is 29.2 Å². The fourth-order valence-corrected chi connectivity index (χ4v) is 2.93. The van der Waals surface area contributed by atoms with E-state index in [4.69, 9.17) is 10.5 Å². The summed E-state index contributed by atoms with van der Waals surface area (Å²) < 4.78 is 5.70. The molecule has 1 aliphatic heterocycles. The molecule has 3 rings (SSSR count). The summed E-state index contributed by atoms with van der Waals surface area (Å²) in [7, 11) is 0. The van der Waals surface area contributed by atoms with Crippen LogP contribution in [0.25, 0.3) is 0 Å². The van der Waals surface area contributed by atoms with Gasteiger partial charge in [0.2, 0.25) is 5.91 Å². The highest BCUT2D eigenvalue weighted by Crippen LogP contribution is 2.43. The van der Waals surface area contributed by atoms with E-state index in [9.17, 15) is 4.79 Å².